The van der Waals surface area contributed by atoms with Crippen molar-refractivity contribution in [1.82, 2.24) is 15.3 Å². The zero-order valence-corrected chi connectivity index (χ0v) is 10.7. The third-order valence-electron chi connectivity index (χ3n) is 2.79. The average Bonchev–Trinajstić information content (AvgIpc) is 2.82. The second-order valence-electron chi connectivity index (χ2n) is 4.42. The van der Waals surface area contributed by atoms with Gasteiger partial charge >= 0.3 is 0 Å². The van der Waals surface area contributed by atoms with Crippen LogP contribution in [-0.2, 0) is 0 Å². The second kappa shape index (κ2) is 5.78. The molecule has 0 spiro atoms. The maximum Gasteiger partial charge on any atom is 0.127 e. The standard InChI is InChI=1S/C14H18FN3/c1-3-4-16-13(14-17-5-6-18-14)11-7-10(2)8-12(15)9-11/h5-9,13,16H,3-4H2,1-2H3,(H,17,18). The summed E-state index contributed by atoms with van der Waals surface area (Å²) in [5.74, 6) is 0.605. The van der Waals surface area contributed by atoms with Crippen LogP contribution in [-0.4, -0.2) is 16.5 Å². The van der Waals surface area contributed by atoms with Crippen LogP contribution in [0.15, 0.2) is 30.6 Å². The molecule has 0 amide bonds. The molecule has 0 radical (unpaired) electrons. The number of H-pyrrole nitrogens is 1. The van der Waals surface area contributed by atoms with Crippen molar-refractivity contribution < 1.29 is 4.39 Å². The van der Waals surface area contributed by atoms with E-state index in [4.69, 9.17) is 0 Å². The number of hydrogen-bond acceptors (Lipinski definition) is 2. The molecule has 0 aliphatic carbocycles. The number of rotatable bonds is 5. The summed E-state index contributed by atoms with van der Waals surface area (Å²) in [6.45, 7) is 4.86. The molecular weight excluding hydrogens is 229 g/mol. The molecule has 0 aliphatic rings. The van der Waals surface area contributed by atoms with E-state index in [1.165, 1.54) is 6.07 Å². The molecule has 2 rings (SSSR count). The van der Waals surface area contributed by atoms with Crippen molar-refractivity contribution in [1.29, 1.82) is 0 Å². The van der Waals surface area contributed by atoms with Crippen LogP contribution < -0.4 is 5.32 Å². The number of aromatic amines is 1. The summed E-state index contributed by atoms with van der Waals surface area (Å²) < 4.78 is 13.5. The van der Waals surface area contributed by atoms with Crippen molar-refractivity contribution in [2.24, 2.45) is 0 Å². The Labute approximate surface area is 106 Å². The molecule has 0 bridgehead atoms. The highest BCUT2D eigenvalue weighted by Crippen LogP contribution is 2.21. The third-order valence-corrected chi connectivity index (χ3v) is 2.79. The topological polar surface area (TPSA) is 40.7 Å². The van der Waals surface area contributed by atoms with Crippen LogP contribution >= 0.6 is 0 Å². The van der Waals surface area contributed by atoms with Gasteiger partial charge in [0, 0.05) is 12.4 Å². The fourth-order valence-corrected chi connectivity index (χ4v) is 2.03. The largest absolute Gasteiger partial charge is 0.347 e. The maximum atomic E-state index is 13.5. The Morgan fingerprint density at radius 3 is 2.83 bits per heavy atom. The van der Waals surface area contributed by atoms with Crippen LogP contribution in [0.4, 0.5) is 4.39 Å². The van der Waals surface area contributed by atoms with E-state index in [1.54, 1.807) is 18.5 Å². The summed E-state index contributed by atoms with van der Waals surface area (Å²) in [5.41, 5.74) is 1.82. The van der Waals surface area contributed by atoms with Crippen LogP contribution in [0, 0.1) is 12.7 Å². The van der Waals surface area contributed by atoms with E-state index in [2.05, 4.69) is 22.2 Å². The molecule has 0 aliphatic heterocycles. The molecule has 96 valence electrons. The highest BCUT2D eigenvalue weighted by atomic mass is 19.1. The van der Waals surface area contributed by atoms with Crippen molar-refractivity contribution in [3.05, 3.63) is 53.4 Å². The lowest BCUT2D eigenvalue weighted by Crippen LogP contribution is -2.24. The van der Waals surface area contributed by atoms with Crippen LogP contribution in [0.2, 0.25) is 0 Å². The molecule has 2 aromatic rings. The summed E-state index contributed by atoms with van der Waals surface area (Å²) in [6.07, 6.45) is 4.51. The molecule has 18 heavy (non-hydrogen) atoms. The Bertz CT molecular complexity index is 473. The van der Waals surface area contributed by atoms with E-state index in [1.807, 2.05) is 13.0 Å². The average molecular weight is 247 g/mol. The third kappa shape index (κ3) is 2.96. The number of aromatic nitrogens is 2. The second-order valence-corrected chi connectivity index (χ2v) is 4.42. The number of halogens is 1. The fraction of sp³-hybridized carbons (Fsp3) is 0.357. The van der Waals surface area contributed by atoms with Gasteiger partial charge in [0.2, 0.25) is 0 Å². The van der Waals surface area contributed by atoms with Gasteiger partial charge < -0.3 is 10.3 Å². The first kappa shape index (κ1) is 12.8. The van der Waals surface area contributed by atoms with Crippen molar-refractivity contribution in [2.45, 2.75) is 26.3 Å². The van der Waals surface area contributed by atoms with Gasteiger partial charge in [-0.1, -0.05) is 13.0 Å². The van der Waals surface area contributed by atoms with E-state index in [0.29, 0.717) is 0 Å². The predicted octanol–water partition coefficient (Wildman–Crippen LogP) is 2.95. The summed E-state index contributed by atoms with van der Waals surface area (Å²) in [4.78, 5) is 7.35. The first-order valence-electron chi connectivity index (χ1n) is 6.20. The molecule has 0 saturated carbocycles. The normalized spacial score (nSPS) is 12.6. The lowest BCUT2D eigenvalue weighted by Gasteiger charge is -2.17. The van der Waals surface area contributed by atoms with E-state index in [0.717, 1.165) is 29.9 Å². The molecule has 1 aromatic heterocycles. The van der Waals surface area contributed by atoms with Gasteiger partial charge in [-0.25, -0.2) is 9.37 Å². The molecule has 0 fully saturated rings. The van der Waals surface area contributed by atoms with Gasteiger partial charge in [0.05, 0.1) is 6.04 Å². The van der Waals surface area contributed by atoms with Crippen molar-refractivity contribution in [3.8, 4) is 0 Å². The van der Waals surface area contributed by atoms with E-state index in [9.17, 15) is 4.39 Å². The van der Waals surface area contributed by atoms with Gasteiger partial charge in [-0.3, -0.25) is 0 Å². The number of nitrogens with one attached hydrogen (secondary N) is 2. The summed E-state index contributed by atoms with van der Waals surface area (Å²) in [7, 11) is 0. The Kier molecular flexibility index (Phi) is 4.10. The van der Waals surface area contributed by atoms with Crippen molar-refractivity contribution in [2.75, 3.05) is 6.54 Å². The molecule has 1 heterocycles. The summed E-state index contributed by atoms with van der Waals surface area (Å²) in [5, 5.41) is 3.38. The van der Waals surface area contributed by atoms with Gasteiger partial charge in [0.15, 0.2) is 0 Å². The summed E-state index contributed by atoms with van der Waals surface area (Å²) >= 11 is 0. The molecule has 1 unspecified atom stereocenters. The number of aryl methyl sites for hydroxylation is 1. The van der Waals surface area contributed by atoms with E-state index in [-0.39, 0.29) is 11.9 Å². The molecule has 1 atom stereocenters. The highest BCUT2D eigenvalue weighted by Gasteiger charge is 2.16. The summed E-state index contributed by atoms with van der Waals surface area (Å²) in [6, 6.07) is 4.99. The zero-order chi connectivity index (χ0) is 13.0. The maximum absolute atomic E-state index is 13.5. The van der Waals surface area contributed by atoms with Crippen LogP contribution in [0.5, 0.6) is 0 Å². The zero-order valence-electron chi connectivity index (χ0n) is 10.7. The smallest absolute Gasteiger partial charge is 0.127 e. The lowest BCUT2D eigenvalue weighted by molar-refractivity contribution is 0.567. The van der Waals surface area contributed by atoms with Crippen LogP contribution in [0.1, 0.15) is 36.3 Å². The highest BCUT2D eigenvalue weighted by molar-refractivity contribution is 5.30. The Balaban J connectivity index is 2.33. The number of imidazole rings is 1. The lowest BCUT2D eigenvalue weighted by atomic mass is 10.0. The van der Waals surface area contributed by atoms with E-state index < -0.39 is 0 Å². The quantitative estimate of drug-likeness (QED) is 0.852. The fourth-order valence-electron chi connectivity index (χ4n) is 2.03. The minimum absolute atomic E-state index is 0.0886. The number of nitrogens with zero attached hydrogens (tertiary/aromatic N) is 1. The number of hydrogen-bond donors (Lipinski definition) is 2. The van der Waals surface area contributed by atoms with Gasteiger partial charge in [-0.15, -0.1) is 0 Å². The van der Waals surface area contributed by atoms with Gasteiger partial charge in [0.1, 0.15) is 11.6 Å². The predicted molar refractivity (Wildman–Crippen MR) is 69.9 cm³/mol. The Morgan fingerprint density at radius 1 is 1.39 bits per heavy atom. The molecule has 3 nitrogen and oxygen atoms in total. The molecular formula is C14H18FN3. The van der Waals surface area contributed by atoms with E-state index >= 15 is 0 Å². The van der Waals surface area contributed by atoms with Crippen LogP contribution in [0.3, 0.4) is 0 Å². The van der Waals surface area contributed by atoms with Gasteiger partial charge in [-0.05, 0) is 43.1 Å². The minimum atomic E-state index is -0.208. The Morgan fingerprint density at radius 2 is 2.22 bits per heavy atom. The Hall–Kier alpha value is -1.68. The SMILES string of the molecule is CCCNC(c1cc(C)cc(F)c1)c1ncc[nH]1. The van der Waals surface area contributed by atoms with Crippen molar-refractivity contribution >= 4 is 0 Å². The molecule has 1 aromatic carbocycles. The van der Waals surface area contributed by atoms with Crippen molar-refractivity contribution in [3.63, 3.8) is 0 Å². The monoisotopic (exact) mass is 247 g/mol. The molecule has 0 saturated heterocycles. The molecule has 2 N–H and O–H groups in total. The van der Waals surface area contributed by atoms with Gasteiger partial charge in [0.25, 0.3) is 0 Å². The first-order valence-corrected chi connectivity index (χ1v) is 6.20. The minimum Gasteiger partial charge on any atom is -0.347 e. The number of benzene rings is 1. The van der Waals surface area contributed by atoms with Gasteiger partial charge in [-0.2, -0.15) is 0 Å². The van der Waals surface area contributed by atoms with Crippen LogP contribution in [0.25, 0.3) is 0 Å². The molecule has 4 heteroatoms. The first-order chi connectivity index (χ1) is 8.70.